The molecular weight excluding hydrogens is 250 g/mol. The van der Waals surface area contributed by atoms with Crippen molar-refractivity contribution in [3.05, 3.63) is 71.3 Å². The van der Waals surface area contributed by atoms with Crippen LogP contribution in [0.15, 0.2) is 54.6 Å². The smallest absolute Gasteiger partial charge is 0.335 e. The van der Waals surface area contributed by atoms with Gasteiger partial charge in [0, 0.05) is 12.6 Å². The van der Waals surface area contributed by atoms with Gasteiger partial charge < -0.3 is 10.4 Å². The quantitative estimate of drug-likeness (QED) is 0.842. The van der Waals surface area contributed by atoms with Crippen LogP contribution in [0.5, 0.6) is 0 Å². The molecule has 2 rings (SSSR count). The number of carboxylic acid groups (broad SMARTS) is 1. The maximum atomic E-state index is 10.9. The number of rotatable bonds is 6. The van der Waals surface area contributed by atoms with Crippen molar-refractivity contribution >= 4 is 5.97 Å². The fraction of sp³-hybridized carbons (Fsp3) is 0.235. The predicted octanol–water partition coefficient (Wildman–Crippen LogP) is 3.63. The zero-order valence-corrected chi connectivity index (χ0v) is 11.5. The molecule has 0 fully saturated rings. The molecule has 2 aromatic rings. The zero-order chi connectivity index (χ0) is 14.4. The van der Waals surface area contributed by atoms with E-state index in [1.165, 1.54) is 5.56 Å². The van der Waals surface area contributed by atoms with Crippen molar-refractivity contribution in [1.29, 1.82) is 0 Å². The van der Waals surface area contributed by atoms with Crippen molar-refractivity contribution < 1.29 is 9.90 Å². The van der Waals surface area contributed by atoms with Crippen molar-refractivity contribution in [3.8, 4) is 0 Å². The molecule has 0 spiro atoms. The average Bonchev–Trinajstić information content (AvgIpc) is 2.49. The van der Waals surface area contributed by atoms with Crippen molar-refractivity contribution in [2.45, 2.75) is 25.9 Å². The SMILES string of the molecule is CCC(NCc1cccc(C(=O)O)c1)c1ccccc1. The lowest BCUT2D eigenvalue weighted by atomic mass is 10.0. The van der Waals surface area contributed by atoms with E-state index in [1.54, 1.807) is 18.2 Å². The minimum Gasteiger partial charge on any atom is -0.478 e. The molecule has 3 heteroatoms. The van der Waals surface area contributed by atoms with Crippen LogP contribution in [0, 0.1) is 0 Å². The molecule has 104 valence electrons. The summed E-state index contributed by atoms with van der Waals surface area (Å²) < 4.78 is 0. The molecule has 0 aromatic heterocycles. The van der Waals surface area contributed by atoms with Gasteiger partial charge in [0.2, 0.25) is 0 Å². The van der Waals surface area contributed by atoms with Gasteiger partial charge in [-0.05, 0) is 29.7 Å². The third-order valence-electron chi connectivity index (χ3n) is 3.34. The first-order chi connectivity index (χ1) is 9.70. The second kappa shape index (κ2) is 6.87. The number of hydrogen-bond donors (Lipinski definition) is 2. The molecule has 3 nitrogen and oxygen atoms in total. The highest BCUT2D eigenvalue weighted by Crippen LogP contribution is 2.17. The Labute approximate surface area is 119 Å². The Morgan fingerprint density at radius 3 is 2.55 bits per heavy atom. The van der Waals surface area contributed by atoms with Crippen LogP contribution in [0.4, 0.5) is 0 Å². The highest BCUT2D eigenvalue weighted by Gasteiger charge is 2.09. The van der Waals surface area contributed by atoms with Gasteiger partial charge in [-0.25, -0.2) is 4.79 Å². The molecule has 1 unspecified atom stereocenters. The fourth-order valence-electron chi connectivity index (χ4n) is 2.24. The first-order valence-electron chi connectivity index (χ1n) is 6.81. The van der Waals surface area contributed by atoms with Gasteiger partial charge in [-0.15, -0.1) is 0 Å². The molecule has 20 heavy (non-hydrogen) atoms. The van der Waals surface area contributed by atoms with E-state index in [1.807, 2.05) is 24.3 Å². The molecule has 1 atom stereocenters. The van der Waals surface area contributed by atoms with E-state index < -0.39 is 5.97 Å². The summed E-state index contributed by atoms with van der Waals surface area (Å²) >= 11 is 0. The molecule has 0 saturated heterocycles. The maximum absolute atomic E-state index is 10.9. The molecule has 0 amide bonds. The van der Waals surface area contributed by atoms with E-state index in [0.29, 0.717) is 12.1 Å². The number of carboxylic acids is 1. The second-order valence-corrected chi connectivity index (χ2v) is 4.76. The third-order valence-corrected chi connectivity index (χ3v) is 3.34. The summed E-state index contributed by atoms with van der Waals surface area (Å²) in [6.45, 7) is 2.80. The van der Waals surface area contributed by atoms with Crippen LogP contribution in [0.25, 0.3) is 0 Å². The van der Waals surface area contributed by atoms with Crippen LogP contribution < -0.4 is 5.32 Å². The Kier molecular flexibility index (Phi) is 4.91. The van der Waals surface area contributed by atoms with Crippen molar-refractivity contribution in [3.63, 3.8) is 0 Å². The van der Waals surface area contributed by atoms with Crippen LogP contribution >= 0.6 is 0 Å². The standard InChI is InChI=1S/C17H19NO2/c1-2-16(14-8-4-3-5-9-14)18-12-13-7-6-10-15(11-13)17(19)20/h3-11,16,18H,2,12H2,1H3,(H,19,20). The molecule has 0 heterocycles. The molecule has 0 aliphatic heterocycles. The van der Waals surface area contributed by atoms with E-state index in [9.17, 15) is 4.79 Å². The summed E-state index contributed by atoms with van der Waals surface area (Å²) in [5, 5.41) is 12.5. The topological polar surface area (TPSA) is 49.3 Å². The van der Waals surface area contributed by atoms with Crippen LogP contribution in [-0.2, 0) is 6.54 Å². The number of nitrogens with one attached hydrogen (secondary N) is 1. The van der Waals surface area contributed by atoms with Crippen molar-refractivity contribution in [2.75, 3.05) is 0 Å². The first kappa shape index (κ1) is 14.3. The molecule has 2 N–H and O–H groups in total. The van der Waals surface area contributed by atoms with Gasteiger partial charge in [0.05, 0.1) is 5.56 Å². The van der Waals surface area contributed by atoms with E-state index in [0.717, 1.165) is 12.0 Å². The van der Waals surface area contributed by atoms with Gasteiger partial charge in [0.25, 0.3) is 0 Å². The Balaban J connectivity index is 2.03. The number of hydrogen-bond acceptors (Lipinski definition) is 2. The molecular formula is C17H19NO2. The lowest BCUT2D eigenvalue weighted by Gasteiger charge is -2.17. The minimum atomic E-state index is -0.887. The largest absolute Gasteiger partial charge is 0.478 e. The van der Waals surface area contributed by atoms with E-state index in [2.05, 4.69) is 24.4 Å². The minimum absolute atomic E-state index is 0.282. The normalized spacial score (nSPS) is 12.1. The van der Waals surface area contributed by atoms with Gasteiger partial charge in [-0.1, -0.05) is 49.4 Å². The van der Waals surface area contributed by atoms with Gasteiger partial charge in [-0.3, -0.25) is 0 Å². The lowest BCUT2D eigenvalue weighted by molar-refractivity contribution is 0.0696. The summed E-state index contributed by atoms with van der Waals surface area (Å²) in [4.78, 5) is 10.9. The van der Waals surface area contributed by atoms with Crippen molar-refractivity contribution in [2.24, 2.45) is 0 Å². The maximum Gasteiger partial charge on any atom is 0.335 e. The Hall–Kier alpha value is -2.13. The average molecular weight is 269 g/mol. The van der Waals surface area contributed by atoms with E-state index >= 15 is 0 Å². The molecule has 0 saturated carbocycles. The van der Waals surface area contributed by atoms with Gasteiger partial charge in [0.1, 0.15) is 0 Å². The summed E-state index contributed by atoms with van der Waals surface area (Å²) in [5.74, 6) is -0.887. The van der Waals surface area contributed by atoms with Gasteiger partial charge in [0.15, 0.2) is 0 Å². The third kappa shape index (κ3) is 3.68. The lowest BCUT2D eigenvalue weighted by Crippen LogP contribution is -2.20. The Morgan fingerprint density at radius 1 is 1.15 bits per heavy atom. The number of aromatic carboxylic acids is 1. The fourth-order valence-corrected chi connectivity index (χ4v) is 2.24. The number of carbonyl (C=O) groups is 1. The Bertz CT molecular complexity index is 566. The number of benzene rings is 2. The van der Waals surface area contributed by atoms with Crippen LogP contribution in [0.2, 0.25) is 0 Å². The summed E-state index contributed by atoms with van der Waals surface area (Å²) in [7, 11) is 0. The van der Waals surface area contributed by atoms with E-state index in [4.69, 9.17) is 5.11 Å². The van der Waals surface area contributed by atoms with Crippen LogP contribution in [0.1, 0.15) is 40.9 Å². The predicted molar refractivity (Wildman–Crippen MR) is 79.7 cm³/mol. The van der Waals surface area contributed by atoms with Gasteiger partial charge >= 0.3 is 5.97 Å². The summed E-state index contributed by atoms with van der Waals surface area (Å²) in [6, 6.07) is 17.6. The zero-order valence-electron chi connectivity index (χ0n) is 11.5. The monoisotopic (exact) mass is 269 g/mol. The second-order valence-electron chi connectivity index (χ2n) is 4.76. The van der Waals surface area contributed by atoms with Gasteiger partial charge in [-0.2, -0.15) is 0 Å². The first-order valence-corrected chi connectivity index (χ1v) is 6.81. The highest BCUT2D eigenvalue weighted by atomic mass is 16.4. The summed E-state index contributed by atoms with van der Waals surface area (Å²) in [5.41, 5.74) is 2.57. The molecule has 0 aliphatic rings. The van der Waals surface area contributed by atoms with Crippen molar-refractivity contribution in [1.82, 2.24) is 5.32 Å². The van der Waals surface area contributed by atoms with Crippen LogP contribution in [0.3, 0.4) is 0 Å². The molecule has 2 aromatic carbocycles. The van der Waals surface area contributed by atoms with E-state index in [-0.39, 0.29) is 6.04 Å². The Morgan fingerprint density at radius 2 is 1.90 bits per heavy atom. The molecule has 0 bridgehead atoms. The highest BCUT2D eigenvalue weighted by molar-refractivity contribution is 5.87. The van der Waals surface area contributed by atoms with Crippen LogP contribution in [-0.4, -0.2) is 11.1 Å². The summed E-state index contributed by atoms with van der Waals surface area (Å²) in [6.07, 6.45) is 0.989. The molecule has 0 radical (unpaired) electrons. The molecule has 0 aliphatic carbocycles.